The molecule has 3 aliphatic rings. The molecule has 1 aromatic rings. The third-order valence-corrected chi connectivity index (χ3v) is 4.60. The Morgan fingerprint density at radius 3 is 2.39 bits per heavy atom. The number of rotatable bonds is 2. The number of thiocarbonyl (C=S) groups is 1. The molecule has 8 heteroatoms. The molecule has 2 bridgehead atoms. The summed E-state index contributed by atoms with van der Waals surface area (Å²) in [6.45, 7) is 2.17. The molecule has 3 heterocycles. The van der Waals surface area contributed by atoms with E-state index in [9.17, 15) is 0 Å². The van der Waals surface area contributed by atoms with Crippen LogP contribution in [-0.2, 0) is 13.1 Å². The van der Waals surface area contributed by atoms with E-state index in [1.54, 1.807) is 12.4 Å². The molecule has 0 spiro atoms. The van der Waals surface area contributed by atoms with Crippen LogP contribution in [0.15, 0.2) is 29.5 Å². The van der Waals surface area contributed by atoms with Gasteiger partial charge in [0.15, 0.2) is 5.11 Å². The summed E-state index contributed by atoms with van der Waals surface area (Å²) in [6.07, 6.45) is 8.91. The molecule has 1 aliphatic carbocycles. The molecule has 131 valence electrons. The van der Waals surface area contributed by atoms with Crippen LogP contribution in [0.25, 0.3) is 0 Å². The van der Waals surface area contributed by atoms with Crippen molar-refractivity contribution in [1.82, 2.24) is 15.3 Å². The van der Waals surface area contributed by atoms with E-state index < -0.39 is 0 Å². The van der Waals surface area contributed by atoms with Crippen molar-refractivity contribution in [3.05, 3.63) is 30.1 Å². The van der Waals surface area contributed by atoms with Crippen molar-refractivity contribution in [2.45, 2.75) is 25.7 Å². The molecule has 0 atom stereocenters. The molecule has 0 amide bonds. The van der Waals surface area contributed by atoms with Crippen molar-refractivity contribution >= 4 is 43.7 Å². The van der Waals surface area contributed by atoms with Crippen molar-refractivity contribution in [3.63, 3.8) is 0 Å². The molecular formula is C15H20Cl2CuN4S. The number of nitrogens with one attached hydrogen (secondary N) is 1. The standard InChI is InChI=1S/C15H20N4S.2ClH.Cu/c20-15(18-17-9-14-3-1-2-8-16-14)19-10-12-4-5-13(11-19)7-6-12;;;/h1-3,8-9,12-13H,4-7,10-11H2,(H,18,20);2*1H;/q;;;+2/p-2. The van der Waals surface area contributed by atoms with Crippen LogP contribution in [-0.4, -0.2) is 34.3 Å². The van der Waals surface area contributed by atoms with Crippen LogP contribution in [0, 0.1) is 11.8 Å². The monoisotopic (exact) mass is 421 g/mol. The Labute approximate surface area is 157 Å². The van der Waals surface area contributed by atoms with Crippen LogP contribution >= 0.6 is 32.4 Å². The Kier molecular flexibility index (Phi) is 8.62. The van der Waals surface area contributed by atoms with Gasteiger partial charge in [0.2, 0.25) is 0 Å². The molecule has 2 aliphatic heterocycles. The molecule has 3 fully saturated rings. The zero-order chi connectivity index (χ0) is 16.5. The van der Waals surface area contributed by atoms with Gasteiger partial charge in [0.25, 0.3) is 0 Å². The van der Waals surface area contributed by atoms with Gasteiger partial charge in [-0.2, -0.15) is 5.10 Å². The fourth-order valence-corrected chi connectivity index (χ4v) is 3.34. The number of fused-ring (bicyclic) bond motifs is 4. The predicted molar refractivity (Wildman–Crippen MR) is 96.3 cm³/mol. The van der Waals surface area contributed by atoms with Crippen LogP contribution in [0.1, 0.15) is 31.4 Å². The molecule has 0 aromatic carbocycles. The van der Waals surface area contributed by atoms with E-state index in [0.29, 0.717) is 0 Å². The normalized spacial score (nSPS) is 23.3. The van der Waals surface area contributed by atoms with E-state index in [4.69, 9.17) is 12.2 Å². The minimum atomic E-state index is 0.746. The number of nitrogens with zero attached hydrogens (tertiary/aromatic N) is 3. The average Bonchev–Trinajstić information content (AvgIpc) is 2.90. The molecule has 2 saturated heterocycles. The number of hydrogen-bond donors (Lipinski definition) is 1. The Morgan fingerprint density at radius 2 is 1.87 bits per heavy atom. The van der Waals surface area contributed by atoms with Crippen LogP contribution in [0.2, 0.25) is 0 Å². The van der Waals surface area contributed by atoms with E-state index in [1.165, 1.54) is 25.7 Å². The van der Waals surface area contributed by atoms with Gasteiger partial charge in [-0.15, -0.1) is 0 Å². The van der Waals surface area contributed by atoms with Gasteiger partial charge in [-0.05, 0) is 61.9 Å². The van der Waals surface area contributed by atoms with E-state index >= 15 is 0 Å². The maximum atomic E-state index is 5.46. The molecule has 1 saturated carbocycles. The molecule has 0 radical (unpaired) electrons. The zero-order valence-corrected chi connectivity index (χ0v) is 15.9. The number of halogens is 2. The van der Waals surface area contributed by atoms with Crippen molar-refractivity contribution in [1.29, 1.82) is 0 Å². The molecule has 0 unspecified atom stereocenters. The van der Waals surface area contributed by atoms with Crippen molar-refractivity contribution < 1.29 is 13.1 Å². The van der Waals surface area contributed by atoms with Crippen molar-refractivity contribution in [2.75, 3.05) is 13.1 Å². The fourth-order valence-electron chi connectivity index (χ4n) is 3.14. The van der Waals surface area contributed by atoms with Crippen LogP contribution in [0.5, 0.6) is 0 Å². The van der Waals surface area contributed by atoms with Crippen molar-refractivity contribution in [2.24, 2.45) is 16.9 Å². The Morgan fingerprint density at radius 1 is 1.26 bits per heavy atom. The molecule has 4 nitrogen and oxygen atoms in total. The van der Waals surface area contributed by atoms with Crippen LogP contribution < -0.4 is 5.43 Å². The summed E-state index contributed by atoms with van der Waals surface area (Å²) in [5.74, 6) is 1.63. The molecule has 1 aromatic heterocycles. The first kappa shape index (κ1) is 18.9. The van der Waals surface area contributed by atoms with Crippen LogP contribution in [0.3, 0.4) is 0 Å². The first-order chi connectivity index (χ1) is 11.2. The SMILES string of the molecule is S=C(NN=Cc1ccccn1)N1CC2CCC(CC2)C1.[Cl][Cu][Cl]. The van der Waals surface area contributed by atoms with E-state index in [1.807, 2.05) is 18.2 Å². The van der Waals surface area contributed by atoms with E-state index in [2.05, 4.69) is 40.6 Å². The summed E-state index contributed by atoms with van der Waals surface area (Å²) in [4.78, 5) is 6.48. The number of hydrogen-bond acceptors (Lipinski definition) is 3. The van der Waals surface area contributed by atoms with Gasteiger partial charge in [-0.25, -0.2) is 0 Å². The van der Waals surface area contributed by atoms with Gasteiger partial charge in [0.05, 0.1) is 11.9 Å². The topological polar surface area (TPSA) is 40.5 Å². The summed E-state index contributed by atoms with van der Waals surface area (Å²) in [5, 5.41) is 4.94. The summed E-state index contributed by atoms with van der Waals surface area (Å²) in [7, 11) is 9.34. The second kappa shape index (κ2) is 10.5. The third kappa shape index (κ3) is 6.55. The third-order valence-electron chi connectivity index (χ3n) is 4.26. The fraction of sp³-hybridized carbons (Fsp3) is 0.533. The minimum absolute atomic E-state index is 0.746. The zero-order valence-electron chi connectivity index (χ0n) is 12.6. The van der Waals surface area contributed by atoms with Gasteiger partial charge in [0.1, 0.15) is 0 Å². The van der Waals surface area contributed by atoms with E-state index in [-0.39, 0.29) is 0 Å². The van der Waals surface area contributed by atoms with Gasteiger partial charge in [-0.1, -0.05) is 6.07 Å². The maximum absolute atomic E-state index is 5.46. The summed E-state index contributed by atoms with van der Waals surface area (Å²) in [6, 6.07) is 5.75. The number of hydrazone groups is 1. The number of aromatic nitrogens is 1. The second-order valence-electron chi connectivity index (χ2n) is 5.76. The molecular weight excluding hydrogens is 403 g/mol. The Hall–Kier alpha value is -0.391. The molecule has 1 N–H and O–H groups in total. The average molecular weight is 423 g/mol. The summed E-state index contributed by atoms with van der Waals surface area (Å²) in [5.41, 5.74) is 3.82. The Bertz CT molecular complexity index is 495. The van der Waals surface area contributed by atoms with Crippen LogP contribution in [0.4, 0.5) is 0 Å². The first-order valence-corrected chi connectivity index (χ1v) is 10.5. The summed E-state index contributed by atoms with van der Waals surface area (Å²) >= 11 is 6.22. The quantitative estimate of drug-likeness (QED) is 0.341. The van der Waals surface area contributed by atoms with E-state index in [0.717, 1.165) is 48.9 Å². The van der Waals surface area contributed by atoms with Crippen molar-refractivity contribution in [3.8, 4) is 0 Å². The second-order valence-corrected chi connectivity index (χ2v) is 7.71. The van der Waals surface area contributed by atoms with Gasteiger partial charge >= 0.3 is 33.3 Å². The molecule has 4 rings (SSSR count). The van der Waals surface area contributed by atoms with Gasteiger partial charge < -0.3 is 4.90 Å². The van der Waals surface area contributed by atoms with Gasteiger partial charge in [0, 0.05) is 19.3 Å². The first-order valence-electron chi connectivity index (χ1n) is 7.53. The molecule has 23 heavy (non-hydrogen) atoms. The Balaban J connectivity index is 0.000000595. The van der Waals surface area contributed by atoms with Gasteiger partial charge in [-0.3, -0.25) is 10.4 Å². The number of pyridine rings is 1. The predicted octanol–water partition coefficient (Wildman–Crippen LogP) is 3.79. The summed E-state index contributed by atoms with van der Waals surface area (Å²) < 4.78 is 0.